The Morgan fingerprint density at radius 2 is 1.92 bits per heavy atom. The summed E-state index contributed by atoms with van der Waals surface area (Å²) in [6.45, 7) is 5.33. The summed E-state index contributed by atoms with van der Waals surface area (Å²) in [6.07, 6.45) is 0.851. The molecule has 2 saturated heterocycles. The van der Waals surface area contributed by atoms with Gasteiger partial charge in [0.2, 0.25) is 0 Å². The first-order valence-electron chi connectivity index (χ1n) is 8.37. The van der Waals surface area contributed by atoms with Crippen LogP contribution in [0.2, 0.25) is 0 Å². The Hall–Kier alpha value is -1.66. The molecule has 6 heteroatoms. The lowest BCUT2D eigenvalue weighted by Crippen LogP contribution is -2.51. The molecule has 132 valence electrons. The lowest BCUT2D eigenvalue weighted by Gasteiger charge is -2.40. The molecule has 2 aliphatic heterocycles. The second-order valence-corrected chi connectivity index (χ2v) is 7.60. The van der Waals surface area contributed by atoms with Gasteiger partial charge in [-0.3, -0.25) is 0 Å². The molecule has 2 aliphatic rings. The molecule has 4 atom stereocenters. The van der Waals surface area contributed by atoms with Crippen molar-refractivity contribution < 1.29 is 23.9 Å². The van der Waals surface area contributed by atoms with Crippen molar-refractivity contribution >= 4 is 6.16 Å². The second kappa shape index (κ2) is 6.33. The Morgan fingerprint density at radius 3 is 2.54 bits per heavy atom. The van der Waals surface area contributed by atoms with Gasteiger partial charge in [0, 0.05) is 12.0 Å². The van der Waals surface area contributed by atoms with Gasteiger partial charge < -0.3 is 14.7 Å². The summed E-state index contributed by atoms with van der Waals surface area (Å²) in [6, 6.07) is 6.04. The smallest absolute Gasteiger partial charge is 0.427 e. The third-order valence-electron chi connectivity index (χ3n) is 4.68. The van der Waals surface area contributed by atoms with Gasteiger partial charge in [-0.2, -0.15) is 0 Å². The number of aliphatic hydroxyl groups is 1. The maximum Gasteiger partial charge on any atom is 0.528 e. The van der Waals surface area contributed by atoms with E-state index in [1.807, 2.05) is 0 Å². The van der Waals surface area contributed by atoms with E-state index in [0.717, 1.165) is 18.4 Å². The molecule has 0 amide bonds. The van der Waals surface area contributed by atoms with Gasteiger partial charge in [-0.1, -0.05) is 12.1 Å². The van der Waals surface area contributed by atoms with Crippen LogP contribution < -0.4 is 0 Å². The average molecular weight is 337 g/mol. The van der Waals surface area contributed by atoms with Gasteiger partial charge in [-0.15, -0.1) is 5.06 Å². The molecule has 5 nitrogen and oxygen atoms in total. The van der Waals surface area contributed by atoms with Crippen LogP contribution in [0.15, 0.2) is 24.3 Å². The molecule has 3 rings (SSSR count). The van der Waals surface area contributed by atoms with E-state index in [1.165, 1.54) is 12.1 Å². The first-order chi connectivity index (χ1) is 11.2. The predicted molar refractivity (Wildman–Crippen MR) is 85.7 cm³/mol. The van der Waals surface area contributed by atoms with Crippen LogP contribution in [0.4, 0.5) is 9.18 Å². The Morgan fingerprint density at radius 1 is 1.25 bits per heavy atom. The topological polar surface area (TPSA) is 59.0 Å². The fourth-order valence-corrected chi connectivity index (χ4v) is 3.67. The minimum atomic E-state index is -0.744. The molecule has 1 N–H and O–H groups in total. The molecular formula is C18H24FNO4. The van der Waals surface area contributed by atoms with Crippen molar-refractivity contribution in [3.63, 3.8) is 0 Å². The number of halogens is 1. The molecular weight excluding hydrogens is 313 g/mol. The van der Waals surface area contributed by atoms with Crippen LogP contribution in [0.5, 0.6) is 0 Å². The van der Waals surface area contributed by atoms with Crippen molar-refractivity contribution in [3.05, 3.63) is 35.6 Å². The molecule has 2 bridgehead atoms. The summed E-state index contributed by atoms with van der Waals surface area (Å²) in [5.41, 5.74) is 0.291. The third-order valence-corrected chi connectivity index (χ3v) is 4.68. The minimum Gasteiger partial charge on any atom is -0.427 e. The van der Waals surface area contributed by atoms with Gasteiger partial charge in [-0.25, -0.2) is 9.18 Å². The summed E-state index contributed by atoms with van der Waals surface area (Å²) in [4.78, 5) is 17.3. The van der Waals surface area contributed by atoms with Gasteiger partial charge in [0.05, 0.1) is 12.1 Å². The number of carbonyl (C=O) groups excluding carboxylic acids is 1. The van der Waals surface area contributed by atoms with E-state index in [4.69, 9.17) is 9.57 Å². The largest absolute Gasteiger partial charge is 0.528 e. The predicted octanol–water partition coefficient (Wildman–Crippen LogP) is 3.37. The van der Waals surface area contributed by atoms with Crippen LogP contribution in [-0.4, -0.2) is 40.1 Å². The average Bonchev–Trinajstić information content (AvgIpc) is 2.76. The Bertz CT molecular complexity index is 598. The molecule has 1 aromatic carbocycles. The highest BCUT2D eigenvalue weighted by Crippen LogP contribution is 2.43. The first-order valence-corrected chi connectivity index (χ1v) is 8.37. The minimum absolute atomic E-state index is 0.0426. The summed E-state index contributed by atoms with van der Waals surface area (Å²) in [7, 11) is 0. The number of benzene rings is 1. The lowest BCUT2D eigenvalue weighted by molar-refractivity contribution is -0.206. The quantitative estimate of drug-likeness (QED) is 0.839. The third kappa shape index (κ3) is 3.54. The van der Waals surface area contributed by atoms with E-state index in [1.54, 1.807) is 38.0 Å². The first kappa shape index (κ1) is 17.2. The summed E-state index contributed by atoms with van der Waals surface area (Å²) in [5, 5.41) is 12.3. The number of carbonyl (C=O) groups is 1. The number of hydrogen-bond acceptors (Lipinski definition) is 5. The van der Waals surface area contributed by atoms with E-state index in [2.05, 4.69) is 0 Å². The van der Waals surface area contributed by atoms with Gasteiger partial charge in [0.15, 0.2) is 0 Å². The van der Waals surface area contributed by atoms with Crippen LogP contribution in [0.3, 0.4) is 0 Å². The fourth-order valence-electron chi connectivity index (χ4n) is 3.67. The number of rotatable bonds is 2. The van der Waals surface area contributed by atoms with E-state index in [-0.39, 0.29) is 23.8 Å². The number of hydrogen-bond donors (Lipinski definition) is 1. The van der Waals surface area contributed by atoms with Crippen LogP contribution in [0.25, 0.3) is 0 Å². The van der Waals surface area contributed by atoms with Crippen LogP contribution in [0.1, 0.15) is 51.5 Å². The van der Waals surface area contributed by atoms with E-state index < -0.39 is 17.9 Å². The van der Waals surface area contributed by atoms with E-state index in [0.29, 0.717) is 6.42 Å². The maximum atomic E-state index is 13.1. The Balaban J connectivity index is 1.70. The van der Waals surface area contributed by atoms with Gasteiger partial charge in [0.1, 0.15) is 11.4 Å². The van der Waals surface area contributed by atoms with Crippen molar-refractivity contribution in [1.82, 2.24) is 5.06 Å². The molecule has 2 fully saturated rings. The van der Waals surface area contributed by atoms with Crippen molar-refractivity contribution in [2.75, 3.05) is 0 Å². The SMILES string of the molecule is CC(C)(C)OC(=O)ON1C2CCC1C(O)C(c1ccc(F)cc1)C2. The van der Waals surface area contributed by atoms with Crippen LogP contribution >= 0.6 is 0 Å². The van der Waals surface area contributed by atoms with Gasteiger partial charge in [-0.05, 0) is 57.7 Å². The monoisotopic (exact) mass is 337 g/mol. The number of aliphatic hydroxyl groups excluding tert-OH is 1. The molecule has 0 aliphatic carbocycles. The lowest BCUT2D eigenvalue weighted by atomic mass is 9.83. The Labute approximate surface area is 141 Å². The van der Waals surface area contributed by atoms with Gasteiger partial charge in [0.25, 0.3) is 0 Å². The molecule has 4 unspecified atom stereocenters. The number of piperidine rings is 1. The number of ether oxygens (including phenoxy) is 1. The molecule has 0 spiro atoms. The van der Waals surface area contributed by atoms with Crippen LogP contribution in [-0.2, 0) is 9.57 Å². The maximum absolute atomic E-state index is 13.1. The molecule has 0 aromatic heterocycles. The Kier molecular flexibility index (Phi) is 4.53. The zero-order chi connectivity index (χ0) is 17.5. The van der Waals surface area contributed by atoms with Crippen molar-refractivity contribution in [1.29, 1.82) is 0 Å². The highest BCUT2D eigenvalue weighted by Gasteiger charge is 2.49. The molecule has 1 aromatic rings. The normalized spacial score (nSPS) is 30.2. The molecule has 24 heavy (non-hydrogen) atoms. The summed E-state index contributed by atoms with van der Waals surface area (Å²) >= 11 is 0. The standard InChI is InChI=1S/C18H24FNO4/c1-18(2,3)23-17(22)24-20-13-8-9-15(20)16(21)14(10-13)11-4-6-12(19)7-5-11/h4-7,13-16,21H,8-10H2,1-3H3. The van der Waals surface area contributed by atoms with Crippen LogP contribution in [0, 0.1) is 5.82 Å². The molecule has 2 heterocycles. The van der Waals surface area contributed by atoms with Gasteiger partial charge >= 0.3 is 6.16 Å². The molecule has 0 saturated carbocycles. The number of hydroxylamine groups is 2. The van der Waals surface area contributed by atoms with E-state index in [9.17, 15) is 14.3 Å². The number of fused-ring (bicyclic) bond motifs is 2. The summed E-state index contributed by atoms with van der Waals surface area (Å²) < 4.78 is 18.3. The fraction of sp³-hybridized carbons (Fsp3) is 0.611. The zero-order valence-corrected chi connectivity index (χ0v) is 14.2. The molecule has 0 radical (unpaired) electrons. The summed E-state index contributed by atoms with van der Waals surface area (Å²) in [5.74, 6) is -0.372. The van der Waals surface area contributed by atoms with Crippen molar-refractivity contribution in [2.24, 2.45) is 0 Å². The highest BCUT2D eigenvalue weighted by atomic mass is 19.1. The van der Waals surface area contributed by atoms with Crippen molar-refractivity contribution in [2.45, 2.75) is 69.7 Å². The zero-order valence-electron chi connectivity index (χ0n) is 14.2. The second-order valence-electron chi connectivity index (χ2n) is 7.60. The highest BCUT2D eigenvalue weighted by molar-refractivity contribution is 5.60. The number of nitrogens with zero attached hydrogens (tertiary/aromatic N) is 1. The van der Waals surface area contributed by atoms with E-state index >= 15 is 0 Å². The van der Waals surface area contributed by atoms with Crippen molar-refractivity contribution in [3.8, 4) is 0 Å².